The summed E-state index contributed by atoms with van der Waals surface area (Å²) in [5, 5.41) is 7.24. The molecule has 0 atom stereocenters. The molecule has 0 saturated heterocycles. The fourth-order valence-electron chi connectivity index (χ4n) is 0.845. The van der Waals surface area contributed by atoms with E-state index in [0.717, 1.165) is 5.52 Å². The highest BCUT2D eigenvalue weighted by Crippen LogP contribution is 2.00. The van der Waals surface area contributed by atoms with E-state index in [9.17, 15) is 0 Å². The summed E-state index contributed by atoms with van der Waals surface area (Å²) in [6.45, 7) is 0. The molecule has 2 aromatic heterocycles. The first-order chi connectivity index (χ1) is 4.88. The van der Waals surface area contributed by atoms with Gasteiger partial charge in [0.05, 0.1) is 5.52 Å². The molecule has 2 heterocycles. The highest BCUT2D eigenvalue weighted by atomic mass is 16.3. The third-order valence-electron chi connectivity index (χ3n) is 1.31. The predicted octanol–water partition coefficient (Wildman–Crippen LogP) is 0.635. The summed E-state index contributed by atoms with van der Waals surface area (Å²) < 4.78 is 4.72. The van der Waals surface area contributed by atoms with Crippen LogP contribution in [0.1, 0.15) is 0 Å². The highest BCUT2D eigenvalue weighted by molar-refractivity contribution is 5.71. The van der Waals surface area contributed by atoms with Gasteiger partial charge in [-0.05, 0) is 6.07 Å². The Bertz CT molecular complexity index is 400. The zero-order valence-electron chi connectivity index (χ0n) is 5.09. The molecule has 4 nitrogen and oxygen atoms in total. The van der Waals surface area contributed by atoms with Crippen LogP contribution >= 0.6 is 0 Å². The van der Waals surface area contributed by atoms with Crippen molar-refractivity contribution in [2.75, 3.05) is 0 Å². The van der Waals surface area contributed by atoms with Gasteiger partial charge in [0.15, 0.2) is 6.39 Å². The number of hydrogen-bond donors (Lipinski definition) is 2. The van der Waals surface area contributed by atoms with Crippen molar-refractivity contribution in [3.8, 4) is 0 Å². The van der Waals surface area contributed by atoms with Crippen molar-refractivity contribution in [2.45, 2.75) is 0 Å². The van der Waals surface area contributed by atoms with Crippen LogP contribution in [0.25, 0.3) is 11.0 Å². The van der Waals surface area contributed by atoms with Crippen molar-refractivity contribution in [3.63, 3.8) is 0 Å². The molecular weight excluding hydrogens is 130 g/mol. The van der Waals surface area contributed by atoms with Gasteiger partial charge in [-0.3, -0.25) is 5.41 Å². The minimum absolute atomic E-state index is 0.120. The Morgan fingerprint density at radius 1 is 1.60 bits per heavy atom. The smallest absolute Gasteiger partial charge is 0.239 e. The number of aromatic amines is 1. The first kappa shape index (κ1) is 5.22. The fourth-order valence-corrected chi connectivity index (χ4v) is 0.845. The summed E-state index contributed by atoms with van der Waals surface area (Å²) in [4.78, 5) is 6.73. The van der Waals surface area contributed by atoms with Crippen LogP contribution in [-0.2, 0) is 0 Å². The van der Waals surface area contributed by atoms with Crippen molar-refractivity contribution in [3.05, 3.63) is 24.2 Å². The van der Waals surface area contributed by atoms with Crippen LogP contribution in [0.4, 0.5) is 0 Å². The lowest BCUT2D eigenvalue weighted by Crippen LogP contribution is -1.98. The van der Waals surface area contributed by atoms with Gasteiger partial charge in [-0.2, -0.15) is 0 Å². The van der Waals surface area contributed by atoms with Gasteiger partial charge in [-0.15, -0.1) is 0 Å². The minimum Gasteiger partial charge on any atom is -0.426 e. The minimum atomic E-state index is 0.120. The van der Waals surface area contributed by atoms with E-state index in [1.807, 2.05) is 0 Å². The Kier molecular flexibility index (Phi) is 0.887. The fraction of sp³-hybridized carbons (Fsp3) is 0. The maximum absolute atomic E-state index is 7.24. The summed E-state index contributed by atoms with van der Waals surface area (Å²) in [7, 11) is 0. The normalized spacial score (nSPS) is 10.4. The molecule has 10 heavy (non-hydrogen) atoms. The van der Waals surface area contributed by atoms with Gasteiger partial charge in [0.2, 0.25) is 5.55 Å². The molecule has 0 spiro atoms. The molecule has 2 aromatic rings. The molecule has 0 fully saturated rings. The molecule has 0 bridgehead atoms. The molecule has 0 amide bonds. The number of fused-ring (bicyclic) bond motifs is 1. The zero-order valence-corrected chi connectivity index (χ0v) is 5.09. The van der Waals surface area contributed by atoms with E-state index in [-0.39, 0.29) is 5.55 Å². The van der Waals surface area contributed by atoms with E-state index in [4.69, 9.17) is 9.83 Å². The van der Waals surface area contributed by atoms with Crippen molar-refractivity contribution in [1.82, 2.24) is 9.97 Å². The number of rotatable bonds is 0. The summed E-state index contributed by atoms with van der Waals surface area (Å²) >= 11 is 0. The van der Waals surface area contributed by atoms with Crippen LogP contribution in [0.15, 0.2) is 23.1 Å². The number of H-pyrrole nitrogens is 1. The van der Waals surface area contributed by atoms with Gasteiger partial charge >= 0.3 is 0 Å². The molecule has 4 heteroatoms. The predicted molar refractivity (Wildman–Crippen MR) is 34.2 cm³/mol. The SMILES string of the molecule is N=c1ocnc2cc[nH]c12. The lowest BCUT2D eigenvalue weighted by molar-refractivity contribution is 0.478. The summed E-state index contributed by atoms with van der Waals surface area (Å²) in [5.74, 6) is 0. The summed E-state index contributed by atoms with van der Waals surface area (Å²) in [6, 6.07) is 1.79. The van der Waals surface area contributed by atoms with Crippen molar-refractivity contribution >= 4 is 11.0 Å². The summed E-state index contributed by atoms with van der Waals surface area (Å²) in [5.41, 5.74) is 1.52. The highest BCUT2D eigenvalue weighted by Gasteiger charge is 1.95. The van der Waals surface area contributed by atoms with Crippen LogP contribution in [0.3, 0.4) is 0 Å². The number of aromatic nitrogens is 2. The van der Waals surface area contributed by atoms with Crippen molar-refractivity contribution in [2.24, 2.45) is 0 Å². The Morgan fingerprint density at radius 2 is 2.50 bits per heavy atom. The summed E-state index contributed by atoms with van der Waals surface area (Å²) in [6.07, 6.45) is 2.99. The van der Waals surface area contributed by atoms with Crippen LogP contribution in [0.2, 0.25) is 0 Å². The average molecular weight is 135 g/mol. The topological polar surface area (TPSA) is 65.7 Å². The molecule has 0 aliphatic rings. The number of nitrogens with zero attached hydrogens (tertiary/aromatic N) is 1. The number of nitrogens with one attached hydrogen (secondary N) is 2. The zero-order chi connectivity index (χ0) is 6.97. The van der Waals surface area contributed by atoms with Crippen molar-refractivity contribution in [1.29, 1.82) is 5.41 Å². The first-order valence-electron chi connectivity index (χ1n) is 2.83. The van der Waals surface area contributed by atoms with Gasteiger partial charge in [0, 0.05) is 6.20 Å². The van der Waals surface area contributed by atoms with E-state index >= 15 is 0 Å². The quantitative estimate of drug-likeness (QED) is 0.556. The van der Waals surface area contributed by atoms with E-state index in [1.165, 1.54) is 6.39 Å². The van der Waals surface area contributed by atoms with Crippen LogP contribution < -0.4 is 5.55 Å². The molecule has 0 aromatic carbocycles. The second-order valence-corrected chi connectivity index (χ2v) is 1.92. The van der Waals surface area contributed by atoms with E-state index in [0.29, 0.717) is 5.52 Å². The first-order valence-corrected chi connectivity index (χ1v) is 2.83. The Hall–Kier alpha value is -1.58. The maximum atomic E-state index is 7.24. The third kappa shape index (κ3) is 0.556. The molecule has 2 N–H and O–H groups in total. The van der Waals surface area contributed by atoms with E-state index < -0.39 is 0 Å². The second kappa shape index (κ2) is 1.70. The van der Waals surface area contributed by atoms with Gasteiger partial charge in [-0.25, -0.2) is 4.98 Å². The second-order valence-electron chi connectivity index (χ2n) is 1.92. The molecule has 0 unspecified atom stereocenters. The van der Waals surface area contributed by atoms with Gasteiger partial charge in [-0.1, -0.05) is 0 Å². The molecule has 50 valence electrons. The van der Waals surface area contributed by atoms with Crippen LogP contribution in [0, 0.1) is 5.41 Å². The van der Waals surface area contributed by atoms with Gasteiger partial charge in [0.1, 0.15) is 5.52 Å². The third-order valence-corrected chi connectivity index (χ3v) is 1.31. The van der Waals surface area contributed by atoms with E-state index in [1.54, 1.807) is 12.3 Å². The Morgan fingerprint density at radius 3 is 3.30 bits per heavy atom. The Labute approximate surface area is 56.0 Å². The standard InChI is InChI=1S/C6H5N3O/c7-6-5-4(1-2-8-5)9-3-10-6/h1-3,7-8H. The number of hydrogen-bond acceptors (Lipinski definition) is 3. The molecular formula is C6H5N3O. The molecule has 0 aliphatic carbocycles. The molecule has 2 rings (SSSR count). The lowest BCUT2D eigenvalue weighted by Gasteiger charge is -1.84. The Balaban J connectivity index is 3.09. The van der Waals surface area contributed by atoms with Crippen LogP contribution in [0.5, 0.6) is 0 Å². The van der Waals surface area contributed by atoms with Gasteiger partial charge in [0.25, 0.3) is 0 Å². The monoisotopic (exact) mass is 135 g/mol. The molecule has 0 aliphatic heterocycles. The van der Waals surface area contributed by atoms with Gasteiger partial charge < -0.3 is 9.40 Å². The molecule has 0 saturated carbocycles. The van der Waals surface area contributed by atoms with Crippen molar-refractivity contribution < 1.29 is 4.42 Å². The molecule has 0 radical (unpaired) electrons. The lowest BCUT2D eigenvalue weighted by atomic mass is 10.5. The van der Waals surface area contributed by atoms with Crippen LogP contribution in [-0.4, -0.2) is 9.97 Å². The largest absolute Gasteiger partial charge is 0.426 e. The average Bonchev–Trinajstić information content (AvgIpc) is 2.36. The maximum Gasteiger partial charge on any atom is 0.239 e. The van der Waals surface area contributed by atoms with E-state index in [2.05, 4.69) is 9.97 Å².